The van der Waals surface area contributed by atoms with Crippen LogP contribution < -0.4 is 16.0 Å². The first kappa shape index (κ1) is 15.3. The predicted molar refractivity (Wildman–Crippen MR) is 73.4 cm³/mol. The van der Waals surface area contributed by atoms with E-state index in [0.29, 0.717) is 16.7 Å². The Morgan fingerprint density at radius 3 is 2.43 bits per heavy atom. The lowest BCUT2D eigenvalue weighted by molar-refractivity contribution is -0.0506. The molecule has 0 heterocycles. The molecule has 0 aliphatic carbocycles. The summed E-state index contributed by atoms with van der Waals surface area (Å²) in [4.78, 5) is 0. The molecule has 0 fully saturated rings. The number of hydrogen-bond donors (Lipinski definition) is 2. The van der Waals surface area contributed by atoms with Gasteiger partial charge in [0.25, 0.3) is 0 Å². The zero-order chi connectivity index (χ0) is 15.4. The Balaban J connectivity index is 2.46. The summed E-state index contributed by atoms with van der Waals surface area (Å²) in [5, 5.41) is 0. The molecule has 0 aliphatic heterocycles. The minimum absolute atomic E-state index is 0.0270. The zero-order valence-electron chi connectivity index (χ0n) is 11.3. The number of alkyl halides is 2. The zero-order valence-corrected chi connectivity index (χ0v) is 11.3. The van der Waals surface area contributed by atoms with Crippen molar-refractivity contribution in [2.75, 3.05) is 0 Å². The lowest BCUT2D eigenvalue weighted by atomic mass is 9.95. The molecule has 1 atom stereocenters. The van der Waals surface area contributed by atoms with Crippen LogP contribution in [-0.2, 0) is 0 Å². The summed E-state index contributed by atoms with van der Waals surface area (Å²) in [6, 6.07) is 9.98. The average Bonchev–Trinajstić information content (AvgIpc) is 2.43. The van der Waals surface area contributed by atoms with E-state index in [1.54, 1.807) is 31.2 Å². The number of halogens is 3. The lowest BCUT2D eigenvalue weighted by Gasteiger charge is -2.21. The van der Waals surface area contributed by atoms with Crippen LogP contribution in [0.2, 0.25) is 0 Å². The van der Waals surface area contributed by atoms with Gasteiger partial charge in [-0.25, -0.2) is 9.82 Å². The molecule has 0 aromatic heterocycles. The smallest absolute Gasteiger partial charge is 0.387 e. The van der Waals surface area contributed by atoms with Crippen LogP contribution in [0, 0.1) is 12.7 Å². The van der Waals surface area contributed by atoms with Crippen LogP contribution in [0.3, 0.4) is 0 Å². The van der Waals surface area contributed by atoms with Gasteiger partial charge in [0.1, 0.15) is 11.6 Å². The van der Waals surface area contributed by atoms with Gasteiger partial charge in [0.2, 0.25) is 0 Å². The maximum Gasteiger partial charge on any atom is 0.387 e. The summed E-state index contributed by atoms with van der Waals surface area (Å²) in [6.45, 7) is -1.21. The highest BCUT2D eigenvalue weighted by molar-refractivity contribution is 5.43. The Kier molecular flexibility index (Phi) is 4.82. The summed E-state index contributed by atoms with van der Waals surface area (Å²) in [7, 11) is 0. The van der Waals surface area contributed by atoms with Gasteiger partial charge in [-0.3, -0.25) is 5.84 Å². The first-order valence-corrected chi connectivity index (χ1v) is 6.29. The van der Waals surface area contributed by atoms with Crippen molar-refractivity contribution in [3.8, 4) is 5.75 Å². The van der Waals surface area contributed by atoms with Gasteiger partial charge in [0.05, 0.1) is 6.04 Å². The molecule has 6 heteroatoms. The van der Waals surface area contributed by atoms with Crippen LogP contribution in [0.5, 0.6) is 5.75 Å². The molecule has 0 saturated heterocycles. The van der Waals surface area contributed by atoms with Crippen molar-refractivity contribution < 1.29 is 17.9 Å². The van der Waals surface area contributed by atoms with Crippen molar-refractivity contribution in [2.45, 2.75) is 19.6 Å². The largest absolute Gasteiger partial charge is 0.434 e. The summed E-state index contributed by atoms with van der Waals surface area (Å²) in [5.74, 6) is 5.21. The first-order chi connectivity index (χ1) is 10.0. The van der Waals surface area contributed by atoms with Gasteiger partial charge in [-0.2, -0.15) is 8.78 Å². The van der Waals surface area contributed by atoms with Crippen molar-refractivity contribution >= 4 is 0 Å². The summed E-state index contributed by atoms with van der Waals surface area (Å²) < 4.78 is 42.7. The van der Waals surface area contributed by atoms with Gasteiger partial charge in [0.15, 0.2) is 0 Å². The highest BCUT2D eigenvalue weighted by atomic mass is 19.3. The number of nitrogens with two attached hydrogens (primary N) is 1. The Labute approximate surface area is 120 Å². The maximum absolute atomic E-state index is 13.2. The van der Waals surface area contributed by atoms with Crippen LogP contribution >= 0.6 is 0 Å². The molecule has 0 saturated carbocycles. The molecule has 3 N–H and O–H groups in total. The van der Waals surface area contributed by atoms with E-state index < -0.39 is 12.7 Å². The van der Waals surface area contributed by atoms with Crippen LogP contribution in [-0.4, -0.2) is 6.61 Å². The van der Waals surface area contributed by atoms with Crippen molar-refractivity contribution in [3.63, 3.8) is 0 Å². The average molecular weight is 296 g/mol. The Bertz CT molecular complexity index is 620. The van der Waals surface area contributed by atoms with Gasteiger partial charge in [0, 0.05) is 5.56 Å². The molecule has 0 bridgehead atoms. The standard InChI is InChI=1S/C15H15F3N2O/c1-9-8-10(16)6-7-11(9)14(20-19)12-4-2-3-5-13(12)21-15(17)18/h2-8,14-15,20H,19H2,1H3. The van der Waals surface area contributed by atoms with E-state index in [1.165, 1.54) is 18.2 Å². The van der Waals surface area contributed by atoms with Gasteiger partial charge in [-0.1, -0.05) is 24.3 Å². The van der Waals surface area contributed by atoms with E-state index >= 15 is 0 Å². The molecule has 2 aromatic rings. The third-order valence-electron chi connectivity index (χ3n) is 3.16. The molecule has 3 nitrogen and oxygen atoms in total. The minimum atomic E-state index is -2.93. The van der Waals surface area contributed by atoms with Gasteiger partial charge in [-0.15, -0.1) is 0 Å². The van der Waals surface area contributed by atoms with Crippen molar-refractivity contribution in [1.29, 1.82) is 0 Å². The second kappa shape index (κ2) is 6.60. The number of rotatable bonds is 5. The quantitative estimate of drug-likeness (QED) is 0.657. The number of hydrazine groups is 1. The predicted octanol–water partition coefficient (Wildman–Crippen LogP) is 3.29. The van der Waals surface area contributed by atoms with Crippen LogP contribution in [0.1, 0.15) is 22.7 Å². The van der Waals surface area contributed by atoms with E-state index in [2.05, 4.69) is 10.2 Å². The van der Waals surface area contributed by atoms with Crippen LogP contribution in [0.4, 0.5) is 13.2 Å². The van der Waals surface area contributed by atoms with Gasteiger partial charge in [-0.05, 0) is 36.2 Å². The van der Waals surface area contributed by atoms with E-state index in [9.17, 15) is 13.2 Å². The van der Waals surface area contributed by atoms with Crippen LogP contribution in [0.15, 0.2) is 42.5 Å². The fourth-order valence-corrected chi connectivity index (χ4v) is 2.23. The molecule has 0 spiro atoms. The van der Waals surface area contributed by atoms with E-state index in [0.717, 1.165) is 0 Å². The monoisotopic (exact) mass is 296 g/mol. The lowest BCUT2D eigenvalue weighted by Crippen LogP contribution is -2.30. The summed E-state index contributed by atoms with van der Waals surface area (Å²) >= 11 is 0. The molecule has 2 rings (SSSR count). The van der Waals surface area contributed by atoms with E-state index in [1.807, 2.05) is 0 Å². The number of hydrogen-bond acceptors (Lipinski definition) is 3. The van der Waals surface area contributed by atoms with Crippen LogP contribution in [0.25, 0.3) is 0 Å². The number of aryl methyl sites for hydroxylation is 1. The fraction of sp³-hybridized carbons (Fsp3) is 0.200. The van der Waals surface area contributed by atoms with Crippen molar-refractivity contribution in [1.82, 2.24) is 5.43 Å². The second-order valence-corrected chi connectivity index (χ2v) is 4.52. The third-order valence-corrected chi connectivity index (χ3v) is 3.16. The number of para-hydroxylation sites is 1. The van der Waals surface area contributed by atoms with E-state index in [4.69, 9.17) is 5.84 Å². The molecule has 0 amide bonds. The highest BCUT2D eigenvalue weighted by Crippen LogP contribution is 2.32. The number of nitrogens with one attached hydrogen (secondary N) is 1. The van der Waals surface area contributed by atoms with E-state index in [-0.39, 0.29) is 11.6 Å². The molecule has 2 aromatic carbocycles. The molecular weight excluding hydrogens is 281 g/mol. The topological polar surface area (TPSA) is 47.3 Å². The molecule has 21 heavy (non-hydrogen) atoms. The normalized spacial score (nSPS) is 12.5. The second-order valence-electron chi connectivity index (χ2n) is 4.52. The maximum atomic E-state index is 13.2. The Morgan fingerprint density at radius 2 is 1.81 bits per heavy atom. The molecule has 1 unspecified atom stereocenters. The number of ether oxygens (including phenoxy) is 1. The summed E-state index contributed by atoms with van der Waals surface area (Å²) in [6.07, 6.45) is 0. The molecule has 0 radical (unpaired) electrons. The fourth-order valence-electron chi connectivity index (χ4n) is 2.23. The number of benzene rings is 2. The third kappa shape index (κ3) is 3.53. The SMILES string of the molecule is Cc1cc(F)ccc1C(NN)c1ccccc1OC(F)F. The first-order valence-electron chi connectivity index (χ1n) is 6.29. The minimum Gasteiger partial charge on any atom is -0.434 e. The Morgan fingerprint density at radius 1 is 1.10 bits per heavy atom. The molecule has 0 aliphatic rings. The Hall–Kier alpha value is -2.05. The highest BCUT2D eigenvalue weighted by Gasteiger charge is 2.20. The van der Waals surface area contributed by atoms with Gasteiger partial charge >= 0.3 is 6.61 Å². The van der Waals surface area contributed by atoms with Gasteiger partial charge < -0.3 is 4.74 Å². The summed E-state index contributed by atoms with van der Waals surface area (Å²) in [5.41, 5.74) is 4.36. The molecular formula is C15H15F3N2O. The van der Waals surface area contributed by atoms with Crippen molar-refractivity contribution in [2.24, 2.45) is 5.84 Å². The molecule has 112 valence electrons. The van der Waals surface area contributed by atoms with Crippen molar-refractivity contribution in [3.05, 3.63) is 65.0 Å².